The summed E-state index contributed by atoms with van der Waals surface area (Å²) in [6, 6.07) is 0. The summed E-state index contributed by atoms with van der Waals surface area (Å²) >= 11 is 0. The van der Waals surface area contributed by atoms with E-state index >= 15 is 0 Å². The molecule has 0 spiro atoms. The van der Waals surface area contributed by atoms with Crippen LogP contribution in [0, 0.1) is 5.92 Å². The summed E-state index contributed by atoms with van der Waals surface area (Å²) in [4.78, 5) is 22.4. The quantitative estimate of drug-likeness (QED) is 0.469. The number of allylic oxidation sites excluding steroid dienone is 2. The second-order valence-electron chi connectivity index (χ2n) is 3.02. The summed E-state index contributed by atoms with van der Waals surface area (Å²) in [7, 11) is 0. The van der Waals surface area contributed by atoms with Gasteiger partial charge in [0.2, 0.25) is 0 Å². The van der Waals surface area contributed by atoms with Crippen molar-refractivity contribution in [2.24, 2.45) is 5.92 Å². The number of carbonyl (C=O) groups excluding carboxylic acids is 2. The molecule has 0 aromatic carbocycles. The Labute approximate surface area is 72.0 Å². The Bertz CT molecular complexity index is 235. The van der Waals surface area contributed by atoms with Gasteiger partial charge >= 0.3 is 0 Å². The number of hydrogen-bond donors (Lipinski definition) is 0. The molecule has 1 aliphatic carbocycles. The summed E-state index contributed by atoms with van der Waals surface area (Å²) in [6.07, 6.45) is 3.00. The lowest BCUT2D eigenvalue weighted by molar-refractivity contribution is -0.125. The highest BCUT2D eigenvalue weighted by Gasteiger charge is 2.33. The van der Waals surface area contributed by atoms with Gasteiger partial charge in [-0.3, -0.25) is 9.59 Å². The topological polar surface area (TPSA) is 34.1 Å². The van der Waals surface area contributed by atoms with Crippen molar-refractivity contribution in [1.29, 1.82) is 0 Å². The van der Waals surface area contributed by atoms with Crippen LogP contribution in [0.5, 0.6) is 0 Å². The molecule has 64 valence electrons. The molecule has 12 heavy (non-hydrogen) atoms. The van der Waals surface area contributed by atoms with Gasteiger partial charge in [-0.05, 0) is 6.42 Å². The van der Waals surface area contributed by atoms with Crippen LogP contribution in [0.1, 0.15) is 19.3 Å². The second-order valence-corrected chi connectivity index (χ2v) is 3.02. The van der Waals surface area contributed by atoms with E-state index in [0.29, 0.717) is 24.8 Å². The van der Waals surface area contributed by atoms with Crippen LogP contribution in [0.4, 0.5) is 0 Å². The van der Waals surface area contributed by atoms with E-state index in [9.17, 15) is 9.59 Å². The Morgan fingerprint density at radius 1 is 1.42 bits per heavy atom. The Morgan fingerprint density at radius 2 is 1.92 bits per heavy atom. The van der Waals surface area contributed by atoms with Crippen molar-refractivity contribution in [2.45, 2.75) is 19.3 Å². The van der Waals surface area contributed by atoms with E-state index in [1.807, 2.05) is 0 Å². The Hall–Kier alpha value is -1.18. The van der Waals surface area contributed by atoms with Crippen LogP contribution in [0.3, 0.4) is 0 Å². The summed E-state index contributed by atoms with van der Waals surface area (Å²) in [5.41, 5.74) is 0.692. The fraction of sp³-hybridized carbons (Fsp3) is 0.400. The van der Waals surface area contributed by atoms with Crippen molar-refractivity contribution in [3.05, 3.63) is 24.8 Å². The molecule has 0 radical (unpaired) electrons. The number of carbonyl (C=O) groups is 2. The van der Waals surface area contributed by atoms with Crippen LogP contribution in [-0.2, 0) is 9.59 Å². The third-order valence-electron chi connectivity index (χ3n) is 2.08. The van der Waals surface area contributed by atoms with E-state index in [2.05, 4.69) is 13.2 Å². The fourth-order valence-electron chi connectivity index (χ4n) is 1.47. The molecule has 1 saturated carbocycles. The molecule has 0 atom stereocenters. The molecule has 0 bridgehead atoms. The minimum absolute atomic E-state index is 0.0202. The lowest BCUT2D eigenvalue weighted by Gasteiger charge is -2.07. The van der Waals surface area contributed by atoms with Crippen molar-refractivity contribution in [1.82, 2.24) is 0 Å². The molecule has 0 unspecified atom stereocenters. The predicted molar refractivity (Wildman–Crippen MR) is 46.7 cm³/mol. The van der Waals surface area contributed by atoms with E-state index in [4.69, 9.17) is 0 Å². The number of ketones is 2. The summed E-state index contributed by atoms with van der Waals surface area (Å²) in [5.74, 6) is -0.485. The third-order valence-corrected chi connectivity index (χ3v) is 2.08. The molecule has 2 heteroatoms. The molecular weight excluding hydrogens is 152 g/mol. The van der Waals surface area contributed by atoms with Crippen molar-refractivity contribution in [3.8, 4) is 0 Å². The average molecular weight is 164 g/mol. The zero-order valence-electron chi connectivity index (χ0n) is 7.01. The molecule has 2 nitrogen and oxygen atoms in total. The zero-order valence-corrected chi connectivity index (χ0v) is 7.01. The maximum Gasteiger partial charge on any atom is 0.147 e. The molecule has 1 fully saturated rings. The van der Waals surface area contributed by atoms with Crippen LogP contribution in [0.25, 0.3) is 0 Å². The number of Topliss-reactive ketones (excluding diaryl/α,β-unsaturated/α-hetero) is 2. The van der Waals surface area contributed by atoms with Crippen LogP contribution >= 0.6 is 0 Å². The Kier molecular flexibility index (Phi) is 2.58. The van der Waals surface area contributed by atoms with Crippen LogP contribution < -0.4 is 0 Å². The third kappa shape index (κ3) is 1.52. The highest BCUT2D eigenvalue weighted by Crippen LogP contribution is 2.25. The molecule has 0 aliphatic heterocycles. The molecule has 0 aromatic heterocycles. The lowest BCUT2D eigenvalue weighted by Crippen LogP contribution is -2.15. The molecule has 0 amide bonds. The van der Waals surface area contributed by atoms with Gasteiger partial charge in [0.15, 0.2) is 0 Å². The maximum atomic E-state index is 11.2. The van der Waals surface area contributed by atoms with Gasteiger partial charge in [0.1, 0.15) is 11.6 Å². The normalized spacial score (nSPS) is 18.3. The lowest BCUT2D eigenvalue weighted by atomic mass is 9.95. The Morgan fingerprint density at radius 3 is 2.33 bits per heavy atom. The van der Waals surface area contributed by atoms with Crippen molar-refractivity contribution in [2.75, 3.05) is 0 Å². The van der Waals surface area contributed by atoms with E-state index in [1.165, 1.54) is 0 Å². The molecule has 0 heterocycles. The first-order valence-electron chi connectivity index (χ1n) is 4.00. The minimum Gasteiger partial charge on any atom is -0.299 e. The average Bonchev–Trinajstić information content (AvgIpc) is 2.32. The van der Waals surface area contributed by atoms with Crippen molar-refractivity contribution in [3.63, 3.8) is 0 Å². The first kappa shape index (κ1) is 8.91. The van der Waals surface area contributed by atoms with E-state index in [0.717, 1.165) is 0 Å². The SMILES string of the molecule is C=CCC(=C)C1C(=O)CCC1=O. The molecule has 0 N–H and O–H groups in total. The van der Waals surface area contributed by atoms with Gasteiger partial charge in [0, 0.05) is 12.8 Å². The number of rotatable bonds is 3. The standard InChI is InChI=1S/C10H12O2/c1-3-4-7(2)10-8(11)5-6-9(10)12/h3,10H,1-2,4-6H2. The second kappa shape index (κ2) is 3.48. The molecule has 1 aliphatic rings. The minimum atomic E-state index is -0.525. The van der Waals surface area contributed by atoms with E-state index < -0.39 is 5.92 Å². The molecule has 0 aromatic rings. The van der Waals surface area contributed by atoms with Gasteiger partial charge in [0.05, 0.1) is 5.92 Å². The fourth-order valence-corrected chi connectivity index (χ4v) is 1.47. The van der Waals surface area contributed by atoms with Crippen molar-refractivity contribution >= 4 is 11.6 Å². The molecule has 1 rings (SSSR count). The van der Waals surface area contributed by atoms with Gasteiger partial charge in [-0.2, -0.15) is 0 Å². The van der Waals surface area contributed by atoms with Crippen LogP contribution in [0.2, 0.25) is 0 Å². The van der Waals surface area contributed by atoms with Gasteiger partial charge in [-0.25, -0.2) is 0 Å². The first-order valence-corrected chi connectivity index (χ1v) is 4.00. The maximum absolute atomic E-state index is 11.2. The van der Waals surface area contributed by atoms with Gasteiger partial charge < -0.3 is 0 Å². The van der Waals surface area contributed by atoms with Crippen LogP contribution in [-0.4, -0.2) is 11.6 Å². The zero-order chi connectivity index (χ0) is 9.14. The molecule has 0 saturated heterocycles. The Balaban J connectivity index is 2.72. The largest absolute Gasteiger partial charge is 0.299 e. The van der Waals surface area contributed by atoms with E-state index in [-0.39, 0.29) is 11.6 Å². The van der Waals surface area contributed by atoms with E-state index in [1.54, 1.807) is 6.08 Å². The van der Waals surface area contributed by atoms with Gasteiger partial charge in [-0.1, -0.05) is 18.2 Å². The first-order chi connectivity index (χ1) is 5.66. The molecular formula is C10H12O2. The highest BCUT2D eigenvalue weighted by molar-refractivity contribution is 6.10. The van der Waals surface area contributed by atoms with Crippen LogP contribution in [0.15, 0.2) is 24.8 Å². The summed E-state index contributed by atoms with van der Waals surface area (Å²) in [6.45, 7) is 7.25. The van der Waals surface area contributed by atoms with Crippen molar-refractivity contribution < 1.29 is 9.59 Å². The van der Waals surface area contributed by atoms with Gasteiger partial charge in [0.25, 0.3) is 0 Å². The smallest absolute Gasteiger partial charge is 0.147 e. The highest BCUT2D eigenvalue weighted by atomic mass is 16.2. The monoisotopic (exact) mass is 164 g/mol. The summed E-state index contributed by atoms with van der Waals surface area (Å²) < 4.78 is 0. The number of hydrogen-bond acceptors (Lipinski definition) is 2. The summed E-state index contributed by atoms with van der Waals surface area (Å²) in [5, 5.41) is 0. The predicted octanol–water partition coefficient (Wildman–Crippen LogP) is 1.67. The van der Waals surface area contributed by atoms with Gasteiger partial charge in [-0.15, -0.1) is 6.58 Å².